The Morgan fingerprint density at radius 1 is 1.57 bits per heavy atom. The molecule has 0 unspecified atom stereocenters. The third kappa shape index (κ3) is 1.49. The molecule has 1 aliphatic rings. The minimum atomic E-state index is 0.0375. The van der Waals surface area contributed by atoms with Crippen LogP contribution in [0.5, 0.6) is 0 Å². The Morgan fingerprint density at radius 2 is 2.43 bits per heavy atom. The van der Waals surface area contributed by atoms with Gasteiger partial charge in [-0.05, 0) is 24.6 Å². The molecule has 0 aliphatic carbocycles. The van der Waals surface area contributed by atoms with Crippen LogP contribution in [0.4, 0.5) is 5.69 Å². The van der Waals surface area contributed by atoms with Crippen LogP contribution >= 0.6 is 0 Å². The fourth-order valence-corrected chi connectivity index (χ4v) is 2.00. The highest BCUT2D eigenvalue weighted by Crippen LogP contribution is 2.30. The van der Waals surface area contributed by atoms with Crippen LogP contribution in [-0.2, 0) is 6.42 Å². The van der Waals surface area contributed by atoms with Gasteiger partial charge in [0.1, 0.15) is 0 Å². The fourth-order valence-electron chi connectivity index (χ4n) is 2.00. The predicted molar refractivity (Wildman–Crippen MR) is 57.5 cm³/mol. The number of likely N-dealkylation sites (N-methyl/N-ethyl adjacent to an activating group) is 1. The number of hydrogen-bond donors (Lipinski definition) is 3. The molecule has 76 valence electrons. The highest BCUT2D eigenvalue weighted by atomic mass is 16.3. The number of nitrogens with one attached hydrogen (secondary N) is 2. The van der Waals surface area contributed by atoms with Gasteiger partial charge in [0.05, 0.1) is 12.6 Å². The van der Waals surface area contributed by atoms with Gasteiger partial charge in [0, 0.05) is 12.2 Å². The number of aliphatic hydroxyl groups is 1. The average Bonchev–Trinajstić information content (AvgIpc) is 2.68. The zero-order valence-corrected chi connectivity index (χ0v) is 8.38. The molecule has 0 spiro atoms. The van der Waals surface area contributed by atoms with Gasteiger partial charge >= 0.3 is 0 Å². The summed E-state index contributed by atoms with van der Waals surface area (Å²) in [5.74, 6) is 0. The van der Waals surface area contributed by atoms with Gasteiger partial charge in [-0.15, -0.1) is 0 Å². The largest absolute Gasteiger partial charge is 0.394 e. The van der Waals surface area contributed by atoms with Crippen molar-refractivity contribution in [1.29, 1.82) is 0 Å². The first kappa shape index (κ1) is 9.49. The minimum Gasteiger partial charge on any atom is -0.394 e. The van der Waals surface area contributed by atoms with Crippen molar-refractivity contribution < 1.29 is 5.11 Å². The van der Waals surface area contributed by atoms with Crippen LogP contribution in [0.25, 0.3) is 0 Å². The van der Waals surface area contributed by atoms with Gasteiger partial charge in [0.2, 0.25) is 0 Å². The van der Waals surface area contributed by atoms with Crippen molar-refractivity contribution in [3.05, 3.63) is 29.3 Å². The van der Waals surface area contributed by atoms with E-state index < -0.39 is 0 Å². The molecule has 1 aliphatic heterocycles. The van der Waals surface area contributed by atoms with Gasteiger partial charge in [-0.25, -0.2) is 0 Å². The molecule has 14 heavy (non-hydrogen) atoms. The van der Waals surface area contributed by atoms with E-state index >= 15 is 0 Å². The molecule has 3 nitrogen and oxygen atoms in total. The number of fused-ring (bicyclic) bond motifs is 1. The standard InChI is InChI=1S/C11H16N2O/c1-12-10(7-14)9-4-2-3-8-5-6-13-11(8)9/h2-4,10,12-14H,5-7H2,1H3/t10-/m1/s1. The molecule has 1 aromatic carbocycles. The number of benzene rings is 1. The maximum Gasteiger partial charge on any atom is 0.0627 e. The molecule has 1 heterocycles. The van der Waals surface area contributed by atoms with E-state index in [0.29, 0.717) is 0 Å². The van der Waals surface area contributed by atoms with Crippen molar-refractivity contribution in [1.82, 2.24) is 5.32 Å². The zero-order valence-electron chi connectivity index (χ0n) is 8.38. The molecule has 0 saturated carbocycles. The minimum absolute atomic E-state index is 0.0375. The summed E-state index contributed by atoms with van der Waals surface area (Å²) >= 11 is 0. The first-order valence-electron chi connectivity index (χ1n) is 5.00. The van der Waals surface area contributed by atoms with Gasteiger partial charge in [-0.3, -0.25) is 0 Å². The van der Waals surface area contributed by atoms with Crippen LogP contribution in [0, 0.1) is 0 Å². The molecule has 0 saturated heterocycles. The number of anilines is 1. The van der Waals surface area contributed by atoms with E-state index in [-0.39, 0.29) is 12.6 Å². The summed E-state index contributed by atoms with van der Waals surface area (Å²) in [7, 11) is 1.87. The van der Waals surface area contributed by atoms with Crippen molar-refractivity contribution in [2.75, 3.05) is 25.5 Å². The quantitative estimate of drug-likeness (QED) is 0.667. The molecular formula is C11H16N2O. The molecule has 0 fully saturated rings. The van der Waals surface area contributed by atoms with E-state index in [0.717, 1.165) is 13.0 Å². The number of hydrogen-bond acceptors (Lipinski definition) is 3. The van der Waals surface area contributed by atoms with Gasteiger partial charge in [0.15, 0.2) is 0 Å². The summed E-state index contributed by atoms with van der Waals surface area (Å²) in [6.45, 7) is 1.14. The summed E-state index contributed by atoms with van der Waals surface area (Å²) in [5.41, 5.74) is 3.74. The lowest BCUT2D eigenvalue weighted by molar-refractivity contribution is 0.251. The third-order valence-electron chi connectivity index (χ3n) is 2.79. The topological polar surface area (TPSA) is 44.3 Å². The van der Waals surface area contributed by atoms with E-state index in [9.17, 15) is 5.11 Å². The van der Waals surface area contributed by atoms with Gasteiger partial charge < -0.3 is 15.7 Å². The summed E-state index contributed by atoms with van der Waals surface area (Å²) in [6.07, 6.45) is 1.09. The van der Waals surface area contributed by atoms with Crippen molar-refractivity contribution in [3.8, 4) is 0 Å². The lowest BCUT2D eigenvalue weighted by atomic mass is 10.0. The zero-order chi connectivity index (χ0) is 9.97. The summed E-state index contributed by atoms with van der Waals surface area (Å²) in [5, 5.41) is 15.7. The van der Waals surface area contributed by atoms with Gasteiger partial charge in [0.25, 0.3) is 0 Å². The Bertz CT molecular complexity index is 321. The van der Waals surface area contributed by atoms with Gasteiger partial charge in [-0.2, -0.15) is 0 Å². The summed E-state index contributed by atoms with van der Waals surface area (Å²) < 4.78 is 0. The maximum atomic E-state index is 9.22. The lowest BCUT2D eigenvalue weighted by Gasteiger charge is -2.17. The van der Waals surface area contributed by atoms with E-state index in [1.165, 1.54) is 16.8 Å². The lowest BCUT2D eigenvalue weighted by Crippen LogP contribution is -2.20. The smallest absolute Gasteiger partial charge is 0.0627 e. The molecule has 0 aromatic heterocycles. The van der Waals surface area contributed by atoms with Crippen LogP contribution in [-0.4, -0.2) is 25.3 Å². The molecule has 0 bridgehead atoms. The Balaban J connectivity index is 2.38. The fraction of sp³-hybridized carbons (Fsp3) is 0.455. The number of rotatable bonds is 3. The van der Waals surface area contributed by atoms with Crippen molar-refractivity contribution in [2.45, 2.75) is 12.5 Å². The van der Waals surface area contributed by atoms with E-state index in [2.05, 4.69) is 28.8 Å². The van der Waals surface area contributed by atoms with E-state index in [1.807, 2.05) is 7.05 Å². The normalized spacial score (nSPS) is 16.1. The van der Waals surface area contributed by atoms with E-state index in [4.69, 9.17) is 0 Å². The van der Waals surface area contributed by atoms with Crippen molar-refractivity contribution >= 4 is 5.69 Å². The number of aliphatic hydroxyl groups excluding tert-OH is 1. The predicted octanol–water partition coefficient (Wildman–Crippen LogP) is 0.907. The molecule has 0 amide bonds. The molecule has 3 N–H and O–H groups in total. The molecular weight excluding hydrogens is 176 g/mol. The highest BCUT2D eigenvalue weighted by Gasteiger charge is 2.18. The monoisotopic (exact) mass is 192 g/mol. The summed E-state index contributed by atoms with van der Waals surface area (Å²) in [6, 6.07) is 6.30. The molecule has 2 rings (SSSR count). The SMILES string of the molecule is CN[C@H](CO)c1cccc2c1NCC2. The second-order valence-electron chi connectivity index (χ2n) is 3.58. The van der Waals surface area contributed by atoms with E-state index in [1.54, 1.807) is 0 Å². The molecule has 0 radical (unpaired) electrons. The summed E-state index contributed by atoms with van der Waals surface area (Å²) in [4.78, 5) is 0. The maximum absolute atomic E-state index is 9.22. The second kappa shape index (κ2) is 3.98. The van der Waals surface area contributed by atoms with Crippen molar-refractivity contribution in [2.24, 2.45) is 0 Å². The second-order valence-corrected chi connectivity index (χ2v) is 3.58. The Labute approximate surface area is 84.1 Å². The Morgan fingerprint density at radius 3 is 3.14 bits per heavy atom. The average molecular weight is 192 g/mol. The van der Waals surface area contributed by atoms with Crippen LogP contribution in [0.1, 0.15) is 17.2 Å². The third-order valence-corrected chi connectivity index (χ3v) is 2.79. The number of para-hydroxylation sites is 1. The first-order chi connectivity index (χ1) is 6.86. The first-order valence-corrected chi connectivity index (χ1v) is 5.00. The molecule has 3 heteroatoms. The highest BCUT2D eigenvalue weighted by molar-refractivity contribution is 5.62. The Kier molecular flexibility index (Phi) is 2.70. The van der Waals surface area contributed by atoms with Crippen LogP contribution in [0.15, 0.2) is 18.2 Å². The van der Waals surface area contributed by atoms with Crippen LogP contribution < -0.4 is 10.6 Å². The molecule has 1 atom stereocenters. The van der Waals surface area contributed by atoms with Crippen LogP contribution in [0.3, 0.4) is 0 Å². The van der Waals surface area contributed by atoms with Crippen LogP contribution in [0.2, 0.25) is 0 Å². The Hall–Kier alpha value is -1.06. The molecule has 1 aromatic rings. The van der Waals surface area contributed by atoms with Gasteiger partial charge in [-0.1, -0.05) is 18.2 Å². The van der Waals surface area contributed by atoms with Crippen molar-refractivity contribution in [3.63, 3.8) is 0 Å².